The summed E-state index contributed by atoms with van der Waals surface area (Å²) in [5, 5.41) is 4.71. The van der Waals surface area contributed by atoms with Gasteiger partial charge in [0.05, 0.1) is 30.7 Å². The number of carbonyl (C=O) groups excluding carboxylic acids is 2. The fraction of sp³-hybridized carbons (Fsp3) is 0.409. The van der Waals surface area contributed by atoms with E-state index in [4.69, 9.17) is 4.74 Å². The lowest BCUT2D eigenvalue weighted by Gasteiger charge is -2.31. The van der Waals surface area contributed by atoms with Crippen LogP contribution in [0, 0.1) is 5.92 Å². The number of hydrogen-bond donors (Lipinski definition) is 0. The maximum absolute atomic E-state index is 12.8. The van der Waals surface area contributed by atoms with E-state index in [1.165, 1.54) is 17.1 Å². The molecule has 0 spiro atoms. The van der Waals surface area contributed by atoms with Gasteiger partial charge in [-0.2, -0.15) is 5.10 Å². The predicted molar refractivity (Wildman–Crippen MR) is 114 cm³/mol. The molecule has 3 heterocycles. The van der Waals surface area contributed by atoms with Crippen molar-refractivity contribution in [2.45, 2.75) is 32.7 Å². The molecule has 1 fully saturated rings. The van der Waals surface area contributed by atoms with Gasteiger partial charge in [0, 0.05) is 26.1 Å². The van der Waals surface area contributed by atoms with Gasteiger partial charge in [0.1, 0.15) is 5.39 Å². The van der Waals surface area contributed by atoms with Crippen molar-refractivity contribution in [1.82, 2.24) is 24.2 Å². The highest BCUT2D eigenvalue weighted by Crippen LogP contribution is 2.19. The first-order valence-electron chi connectivity index (χ1n) is 10.5. The lowest BCUT2D eigenvalue weighted by Crippen LogP contribution is -2.41. The molecule has 1 aliphatic rings. The summed E-state index contributed by atoms with van der Waals surface area (Å²) in [5.41, 5.74) is 1.09. The minimum Gasteiger partial charge on any atom is -0.466 e. The van der Waals surface area contributed by atoms with Crippen molar-refractivity contribution >= 4 is 22.9 Å². The summed E-state index contributed by atoms with van der Waals surface area (Å²) >= 11 is 0. The molecule has 0 saturated carbocycles. The first-order valence-corrected chi connectivity index (χ1v) is 10.5. The molecule has 9 nitrogen and oxygen atoms in total. The van der Waals surface area contributed by atoms with E-state index in [1.807, 2.05) is 30.3 Å². The molecule has 0 N–H and O–H groups in total. The number of likely N-dealkylation sites (tertiary alicyclic amines) is 1. The molecule has 9 heteroatoms. The molecule has 162 valence electrons. The molecule has 1 amide bonds. The van der Waals surface area contributed by atoms with Crippen LogP contribution in [0.3, 0.4) is 0 Å². The van der Waals surface area contributed by atoms with E-state index >= 15 is 0 Å². The van der Waals surface area contributed by atoms with Crippen molar-refractivity contribution in [3.8, 4) is 5.69 Å². The Balaban J connectivity index is 1.39. The second-order valence-corrected chi connectivity index (χ2v) is 7.53. The summed E-state index contributed by atoms with van der Waals surface area (Å²) in [6.45, 7) is 3.46. The van der Waals surface area contributed by atoms with Crippen LogP contribution in [0.15, 0.2) is 47.7 Å². The van der Waals surface area contributed by atoms with Crippen LogP contribution in [0.2, 0.25) is 0 Å². The Hall–Kier alpha value is -3.49. The highest BCUT2D eigenvalue weighted by molar-refractivity contribution is 5.78. The van der Waals surface area contributed by atoms with Crippen LogP contribution in [0.5, 0.6) is 0 Å². The number of piperidine rings is 1. The standard InChI is InChI=1S/C22H25N5O4/c1-2-31-22(30)16-8-11-25(12-9-16)19(28)10-13-26-15-23-20-18(21(26)29)14-24-27(20)17-6-4-3-5-7-17/h3-7,14-16H,2,8-13H2,1H3. The third-order valence-electron chi connectivity index (χ3n) is 5.59. The number of benzene rings is 1. The molecular formula is C22H25N5O4. The molecule has 0 atom stereocenters. The number of amides is 1. The van der Waals surface area contributed by atoms with Crippen molar-refractivity contribution in [2.24, 2.45) is 5.92 Å². The third-order valence-corrected chi connectivity index (χ3v) is 5.59. The van der Waals surface area contributed by atoms with E-state index in [9.17, 15) is 14.4 Å². The van der Waals surface area contributed by atoms with Crippen LogP contribution in [-0.2, 0) is 20.9 Å². The van der Waals surface area contributed by atoms with Crippen LogP contribution in [0.25, 0.3) is 16.7 Å². The molecular weight excluding hydrogens is 398 g/mol. The molecule has 3 aromatic rings. The number of esters is 1. The Morgan fingerprint density at radius 3 is 2.61 bits per heavy atom. The number of fused-ring (bicyclic) bond motifs is 1. The van der Waals surface area contributed by atoms with Crippen molar-refractivity contribution in [1.29, 1.82) is 0 Å². The van der Waals surface area contributed by atoms with Crippen molar-refractivity contribution < 1.29 is 14.3 Å². The molecule has 0 unspecified atom stereocenters. The second-order valence-electron chi connectivity index (χ2n) is 7.53. The van der Waals surface area contributed by atoms with Gasteiger partial charge in [-0.15, -0.1) is 0 Å². The molecule has 0 bridgehead atoms. The molecule has 0 aliphatic carbocycles. The zero-order valence-corrected chi connectivity index (χ0v) is 17.4. The average molecular weight is 423 g/mol. The number of ether oxygens (including phenoxy) is 1. The zero-order chi connectivity index (χ0) is 21.8. The van der Waals surface area contributed by atoms with Gasteiger partial charge in [0.2, 0.25) is 5.91 Å². The summed E-state index contributed by atoms with van der Waals surface area (Å²) in [5.74, 6) is -0.356. The lowest BCUT2D eigenvalue weighted by molar-refractivity contribution is -0.151. The number of aryl methyl sites for hydroxylation is 1. The number of para-hydroxylation sites is 1. The largest absolute Gasteiger partial charge is 0.466 e. The topological polar surface area (TPSA) is 99.3 Å². The Labute approximate surface area is 179 Å². The fourth-order valence-electron chi connectivity index (χ4n) is 3.86. The van der Waals surface area contributed by atoms with Gasteiger partial charge in [0.25, 0.3) is 5.56 Å². The zero-order valence-electron chi connectivity index (χ0n) is 17.4. The van der Waals surface area contributed by atoms with E-state index in [1.54, 1.807) is 16.5 Å². The van der Waals surface area contributed by atoms with Crippen LogP contribution in [0.4, 0.5) is 0 Å². The molecule has 2 aromatic heterocycles. The van der Waals surface area contributed by atoms with Crippen LogP contribution in [0.1, 0.15) is 26.2 Å². The smallest absolute Gasteiger partial charge is 0.309 e. The van der Waals surface area contributed by atoms with Gasteiger partial charge in [-0.25, -0.2) is 9.67 Å². The minimum atomic E-state index is -0.221. The van der Waals surface area contributed by atoms with Gasteiger partial charge in [-0.3, -0.25) is 19.0 Å². The summed E-state index contributed by atoms with van der Waals surface area (Å²) in [6, 6.07) is 9.48. The first kappa shape index (κ1) is 20.8. The monoisotopic (exact) mass is 423 g/mol. The number of aromatic nitrogens is 4. The highest BCUT2D eigenvalue weighted by atomic mass is 16.5. The van der Waals surface area contributed by atoms with Gasteiger partial charge in [0.15, 0.2) is 5.65 Å². The highest BCUT2D eigenvalue weighted by Gasteiger charge is 2.28. The Morgan fingerprint density at radius 1 is 1.16 bits per heavy atom. The third kappa shape index (κ3) is 4.35. The summed E-state index contributed by atoms with van der Waals surface area (Å²) in [6.07, 6.45) is 4.39. The van der Waals surface area contributed by atoms with Crippen molar-refractivity contribution in [3.63, 3.8) is 0 Å². The fourth-order valence-corrected chi connectivity index (χ4v) is 3.86. The lowest BCUT2D eigenvalue weighted by atomic mass is 9.97. The van der Waals surface area contributed by atoms with Gasteiger partial charge in [-0.05, 0) is 31.9 Å². The van der Waals surface area contributed by atoms with Crippen molar-refractivity contribution in [3.05, 3.63) is 53.2 Å². The maximum atomic E-state index is 12.8. The number of hydrogen-bond acceptors (Lipinski definition) is 6. The quantitative estimate of drug-likeness (QED) is 0.561. The SMILES string of the molecule is CCOC(=O)C1CCN(C(=O)CCn2cnc3c(cnn3-c3ccccc3)c2=O)CC1. The van der Waals surface area contributed by atoms with E-state index in [0.717, 1.165) is 5.69 Å². The van der Waals surface area contributed by atoms with E-state index in [0.29, 0.717) is 43.6 Å². The van der Waals surface area contributed by atoms with Gasteiger partial charge < -0.3 is 9.64 Å². The average Bonchev–Trinajstić information content (AvgIpc) is 3.24. The summed E-state index contributed by atoms with van der Waals surface area (Å²) in [7, 11) is 0. The molecule has 1 aromatic carbocycles. The second kappa shape index (κ2) is 9.11. The first-order chi connectivity index (χ1) is 15.1. The van der Waals surface area contributed by atoms with E-state index in [-0.39, 0.29) is 36.3 Å². The van der Waals surface area contributed by atoms with Crippen LogP contribution >= 0.6 is 0 Å². The molecule has 1 saturated heterocycles. The number of carbonyl (C=O) groups is 2. The molecule has 0 radical (unpaired) electrons. The normalized spacial score (nSPS) is 14.7. The summed E-state index contributed by atoms with van der Waals surface area (Å²) in [4.78, 5) is 43.4. The maximum Gasteiger partial charge on any atom is 0.309 e. The Kier molecular flexibility index (Phi) is 6.11. The predicted octanol–water partition coefficient (Wildman–Crippen LogP) is 1.77. The van der Waals surface area contributed by atoms with Crippen LogP contribution in [-0.4, -0.2) is 55.8 Å². The minimum absolute atomic E-state index is 0.0331. The van der Waals surface area contributed by atoms with Crippen LogP contribution < -0.4 is 5.56 Å². The number of rotatable bonds is 6. The van der Waals surface area contributed by atoms with Gasteiger partial charge >= 0.3 is 5.97 Å². The van der Waals surface area contributed by atoms with E-state index < -0.39 is 0 Å². The van der Waals surface area contributed by atoms with Gasteiger partial charge in [-0.1, -0.05) is 18.2 Å². The summed E-state index contributed by atoms with van der Waals surface area (Å²) < 4.78 is 8.14. The molecule has 31 heavy (non-hydrogen) atoms. The Morgan fingerprint density at radius 2 is 1.90 bits per heavy atom. The molecule has 1 aliphatic heterocycles. The van der Waals surface area contributed by atoms with Crippen molar-refractivity contribution in [2.75, 3.05) is 19.7 Å². The molecule has 4 rings (SSSR count). The number of nitrogens with zero attached hydrogens (tertiary/aromatic N) is 5. The van der Waals surface area contributed by atoms with E-state index in [2.05, 4.69) is 10.1 Å². The Bertz CT molecular complexity index is 1130.